The van der Waals surface area contributed by atoms with E-state index in [-0.39, 0.29) is 19.4 Å². The summed E-state index contributed by atoms with van der Waals surface area (Å²) in [5, 5.41) is 4.82. The van der Waals surface area contributed by atoms with E-state index in [4.69, 9.17) is 20.1 Å². The minimum Gasteiger partial charge on any atom is -0.493 e. The van der Waals surface area contributed by atoms with E-state index < -0.39 is 36.5 Å². The first-order chi connectivity index (χ1) is 13.5. The van der Waals surface area contributed by atoms with E-state index in [1.165, 1.54) is 19.3 Å². The largest absolute Gasteiger partial charge is 0.493 e. The molecule has 2 heterocycles. The summed E-state index contributed by atoms with van der Waals surface area (Å²) in [4.78, 5) is 1.09. The molecule has 2 bridgehead atoms. The monoisotopic (exact) mass is 306 g/mol. The predicted octanol–water partition coefficient (Wildman–Crippen LogP) is 1.50. The Morgan fingerprint density at radius 2 is 2.50 bits per heavy atom. The average molecular weight is 306 g/mol. The van der Waals surface area contributed by atoms with E-state index in [9.17, 15) is 4.11 Å². The van der Waals surface area contributed by atoms with Gasteiger partial charge < -0.3 is 19.5 Å². The Morgan fingerprint density at radius 3 is 3.32 bits per heavy atom. The first-order valence-corrected chi connectivity index (χ1v) is 7.49. The second kappa shape index (κ2) is 4.06. The molecule has 1 N–H and O–H groups in total. The van der Waals surface area contributed by atoms with Crippen molar-refractivity contribution in [1.82, 2.24) is 4.90 Å². The van der Waals surface area contributed by atoms with Gasteiger partial charge in [-0.15, -0.1) is 0 Å². The van der Waals surface area contributed by atoms with Crippen molar-refractivity contribution in [3.05, 3.63) is 35.4 Å². The Bertz CT molecular complexity index is 939. The standard InChI is InChI=1S/C18H21NO3/c1-19-8-7-18-11-4-5-13(20)17(18)22-16-14(21-2)6-3-10(15(16)18)9-12(11)19/h3-6,11-13,17,20H,7-9H2,1-2H3/t11-,12+,13?,17?,18-/m0/s1/i1D3,11D,12D,17D,20D. The van der Waals surface area contributed by atoms with Gasteiger partial charge in [-0.1, -0.05) is 18.2 Å². The number of benzene rings is 1. The summed E-state index contributed by atoms with van der Waals surface area (Å²) in [5.74, 6) is -1.07. The maximum atomic E-state index is 9.48. The van der Waals surface area contributed by atoms with Crippen LogP contribution in [0.3, 0.4) is 0 Å². The van der Waals surface area contributed by atoms with Crippen molar-refractivity contribution in [2.45, 2.75) is 36.5 Å². The zero-order valence-corrected chi connectivity index (χ0v) is 12.2. The summed E-state index contributed by atoms with van der Waals surface area (Å²) in [6.45, 7) is -2.57. The molecule has 2 unspecified atom stereocenters. The minimum absolute atomic E-state index is 0.000724. The number of aliphatic hydroxyl groups excluding tert-OH is 1. The Kier molecular flexibility index (Phi) is 1.45. The molecule has 1 saturated heterocycles. The van der Waals surface area contributed by atoms with Gasteiger partial charge in [0.15, 0.2) is 11.5 Å². The van der Waals surface area contributed by atoms with Crippen LogP contribution in [0.5, 0.6) is 11.5 Å². The first kappa shape index (κ1) is 7.84. The molecule has 4 heteroatoms. The topological polar surface area (TPSA) is 41.9 Å². The lowest BCUT2D eigenvalue weighted by Crippen LogP contribution is -2.64. The molecule has 1 aromatic rings. The summed E-state index contributed by atoms with van der Waals surface area (Å²) < 4.78 is 71.1. The molecule has 0 amide bonds. The van der Waals surface area contributed by atoms with Crippen molar-refractivity contribution >= 4 is 0 Å². The van der Waals surface area contributed by atoms with Crippen LogP contribution in [0.4, 0.5) is 0 Å². The van der Waals surface area contributed by atoms with Gasteiger partial charge in [-0.05, 0) is 38.0 Å². The highest BCUT2D eigenvalue weighted by molar-refractivity contribution is 5.62. The normalized spacial score (nSPS) is 56.2. The number of methoxy groups -OCH3 is 1. The number of nitrogens with zero attached hydrogens (tertiary/aromatic N) is 1. The first-order valence-electron chi connectivity index (χ1n) is 10.9. The zero-order chi connectivity index (χ0) is 21.0. The summed E-state index contributed by atoms with van der Waals surface area (Å²) >= 11 is 0. The quantitative estimate of drug-likeness (QED) is 0.841. The van der Waals surface area contributed by atoms with Crippen LogP contribution in [0.2, 0.25) is 0 Å². The minimum atomic E-state index is -2.56. The third-order valence-corrected chi connectivity index (χ3v) is 5.35. The molecule has 5 atom stereocenters. The maximum Gasteiger partial charge on any atom is 0.211 e. The Morgan fingerprint density at radius 1 is 1.55 bits per heavy atom. The van der Waals surface area contributed by atoms with E-state index in [0.29, 0.717) is 22.6 Å². The Hall–Kier alpha value is -1.52. The molecular weight excluding hydrogens is 278 g/mol. The van der Waals surface area contributed by atoms with Gasteiger partial charge >= 0.3 is 0 Å². The van der Waals surface area contributed by atoms with E-state index >= 15 is 0 Å². The van der Waals surface area contributed by atoms with Gasteiger partial charge in [0.2, 0.25) is 1.43 Å². The third kappa shape index (κ3) is 1.28. The van der Waals surface area contributed by atoms with Crippen LogP contribution in [-0.2, 0) is 11.8 Å². The fraction of sp³-hybridized carbons (Fsp3) is 0.556. The van der Waals surface area contributed by atoms with Crippen LogP contribution in [0.25, 0.3) is 0 Å². The number of ether oxygens (including phenoxy) is 2. The van der Waals surface area contributed by atoms with E-state index in [1.807, 2.05) is 0 Å². The molecule has 116 valence electrons. The number of likely N-dealkylation sites (tertiary alicyclic amines) is 1. The molecule has 2 aliphatic carbocycles. The number of likely N-dealkylation sites (N-methyl/N-ethyl adjacent to an activating group) is 1. The van der Waals surface area contributed by atoms with Crippen molar-refractivity contribution < 1.29 is 22.8 Å². The lowest BCUT2D eigenvalue weighted by Gasteiger charge is -2.56. The van der Waals surface area contributed by atoms with Crippen molar-refractivity contribution in [1.29, 1.82) is 1.43 Å². The van der Waals surface area contributed by atoms with Gasteiger partial charge in [0.05, 0.1) is 8.48 Å². The van der Waals surface area contributed by atoms with Crippen LogP contribution >= 0.6 is 0 Å². The highest BCUT2D eigenvalue weighted by Crippen LogP contribution is 2.62. The van der Waals surface area contributed by atoms with Crippen molar-refractivity contribution in [2.75, 3.05) is 20.6 Å². The van der Waals surface area contributed by atoms with Crippen molar-refractivity contribution in [2.24, 2.45) is 5.89 Å². The van der Waals surface area contributed by atoms with Gasteiger partial charge in [-0.25, -0.2) is 0 Å². The highest BCUT2D eigenvalue weighted by Gasteiger charge is 2.64. The smallest absolute Gasteiger partial charge is 0.211 e. The van der Waals surface area contributed by atoms with Crippen molar-refractivity contribution in [3.63, 3.8) is 0 Å². The van der Waals surface area contributed by atoms with Gasteiger partial charge in [0.25, 0.3) is 0 Å². The molecule has 0 radical (unpaired) electrons. The average Bonchev–Trinajstić information content (AvgIpc) is 2.90. The van der Waals surface area contributed by atoms with Gasteiger partial charge in [-0.3, -0.25) is 0 Å². The number of hydrogen-bond acceptors (Lipinski definition) is 4. The lowest BCUT2D eigenvalue weighted by atomic mass is 9.53. The molecule has 4 aliphatic rings. The second-order valence-corrected chi connectivity index (χ2v) is 6.22. The van der Waals surface area contributed by atoms with Gasteiger partial charge in [0.1, 0.15) is 12.2 Å². The number of aliphatic hydroxyl groups is 1. The molecule has 4 nitrogen and oxygen atoms in total. The summed E-state index contributed by atoms with van der Waals surface area (Å²) in [6.07, 6.45) is -0.0567. The molecule has 0 saturated carbocycles. The molecule has 22 heavy (non-hydrogen) atoms. The molecule has 5 rings (SSSR count). The molecule has 1 spiro atoms. The fourth-order valence-electron chi connectivity index (χ4n) is 4.44. The summed E-state index contributed by atoms with van der Waals surface area (Å²) in [7, 11) is 1.48. The molecular formula is C18H21NO3. The Labute approximate surface area is 140 Å². The number of rotatable bonds is 2. The van der Waals surface area contributed by atoms with Crippen molar-refractivity contribution in [3.8, 4) is 11.5 Å². The fourth-order valence-corrected chi connectivity index (χ4v) is 4.44. The second-order valence-electron chi connectivity index (χ2n) is 6.22. The third-order valence-electron chi connectivity index (χ3n) is 5.35. The number of piperidine rings is 1. The van der Waals surface area contributed by atoms with Crippen LogP contribution in [0.1, 0.15) is 25.8 Å². The van der Waals surface area contributed by atoms with Crippen LogP contribution < -0.4 is 9.47 Å². The molecule has 1 fully saturated rings. The molecule has 1 aromatic carbocycles. The van der Waals surface area contributed by atoms with Gasteiger partial charge in [-0.2, -0.15) is 0 Å². The Balaban J connectivity index is 1.89. The van der Waals surface area contributed by atoms with E-state index in [1.54, 1.807) is 12.1 Å². The SMILES string of the molecule is [2H]OC1C=C[C@@]2([2H])[C@@]3([2H])Cc4ccc(OC)c5c4[C@@]2(CCN3C([2H])([2H])[2H])C1([2H])O5. The molecule has 2 aliphatic heterocycles. The van der Waals surface area contributed by atoms with Gasteiger partial charge in [0, 0.05) is 29.7 Å². The van der Waals surface area contributed by atoms with Crippen LogP contribution in [0, 0.1) is 5.89 Å². The highest BCUT2D eigenvalue weighted by atomic mass is 16.5. The predicted molar refractivity (Wildman–Crippen MR) is 82.5 cm³/mol. The van der Waals surface area contributed by atoms with Crippen LogP contribution in [0.15, 0.2) is 24.3 Å². The summed E-state index contributed by atoms with van der Waals surface area (Å²) in [6, 6.07) is 1.58. The molecule has 0 aromatic heterocycles. The van der Waals surface area contributed by atoms with E-state index in [2.05, 4.69) is 0 Å². The zero-order valence-electron chi connectivity index (χ0n) is 19.2. The lowest BCUT2D eigenvalue weighted by molar-refractivity contribution is -0.0453. The summed E-state index contributed by atoms with van der Waals surface area (Å²) in [5.41, 5.74) is -0.0939. The number of hydrogen-bond donors (Lipinski definition) is 1. The maximum absolute atomic E-state index is 9.48. The van der Waals surface area contributed by atoms with E-state index in [0.717, 1.165) is 4.90 Å². The van der Waals surface area contributed by atoms with Crippen LogP contribution in [-0.4, -0.2) is 50.3 Å².